The van der Waals surface area contributed by atoms with Crippen LogP contribution in [-0.4, -0.2) is 38.1 Å². The summed E-state index contributed by atoms with van der Waals surface area (Å²) in [6.07, 6.45) is 0.537. The monoisotopic (exact) mass is 346 g/mol. The average molecular weight is 346 g/mol. The molecule has 3 atom stereocenters. The van der Waals surface area contributed by atoms with Gasteiger partial charge < -0.3 is 20.3 Å². The molecule has 0 spiro atoms. The van der Waals surface area contributed by atoms with Crippen LogP contribution in [0.5, 0.6) is 0 Å². The van der Waals surface area contributed by atoms with E-state index >= 15 is 0 Å². The SMILES string of the molecule is C[C@]1(n2ccc(N)nc2=O)C[C@H](N=[N+]=[N-])[C@@H](COP(=O)(O)O)O1. The number of nitrogen functional groups attached to an aromatic ring is 1. The summed E-state index contributed by atoms with van der Waals surface area (Å²) in [6, 6.07) is 0.624. The summed E-state index contributed by atoms with van der Waals surface area (Å²) in [6.45, 7) is 1.06. The second-order valence-corrected chi connectivity index (χ2v) is 6.34. The van der Waals surface area contributed by atoms with Crippen LogP contribution in [0.4, 0.5) is 5.82 Å². The maximum atomic E-state index is 12.0. The van der Waals surface area contributed by atoms with Crippen LogP contribution in [0.25, 0.3) is 10.4 Å². The van der Waals surface area contributed by atoms with E-state index in [1.54, 1.807) is 6.92 Å². The molecule has 2 heterocycles. The summed E-state index contributed by atoms with van der Waals surface area (Å²) in [4.78, 5) is 35.8. The van der Waals surface area contributed by atoms with E-state index in [2.05, 4.69) is 19.5 Å². The van der Waals surface area contributed by atoms with Crippen LogP contribution in [0.2, 0.25) is 0 Å². The van der Waals surface area contributed by atoms with Gasteiger partial charge in [-0.05, 0) is 18.5 Å². The third-order valence-electron chi connectivity index (χ3n) is 3.36. The molecule has 4 N–H and O–H groups in total. The summed E-state index contributed by atoms with van der Waals surface area (Å²) in [5, 5.41) is 3.54. The van der Waals surface area contributed by atoms with Crippen molar-refractivity contribution < 1.29 is 23.6 Å². The number of azide groups is 1. The highest BCUT2D eigenvalue weighted by Crippen LogP contribution is 2.40. The molecule has 1 aliphatic heterocycles. The first-order chi connectivity index (χ1) is 10.6. The van der Waals surface area contributed by atoms with Crippen molar-refractivity contribution >= 4 is 13.6 Å². The number of rotatable bonds is 5. The van der Waals surface area contributed by atoms with Gasteiger partial charge in [0.2, 0.25) is 0 Å². The van der Waals surface area contributed by atoms with Gasteiger partial charge in [-0.2, -0.15) is 4.98 Å². The topological polar surface area (TPSA) is 186 Å². The Morgan fingerprint density at radius 3 is 3.00 bits per heavy atom. The number of hydrogen-bond acceptors (Lipinski definition) is 7. The van der Waals surface area contributed by atoms with Gasteiger partial charge in [0, 0.05) is 17.5 Å². The number of nitrogens with two attached hydrogens (primary N) is 1. The Labute approximate surface area is 129 Å². The van der Waals surface area contributed by atoms with Crippen LogP contribution in [0.15, 0.2) is 22.2 Å². The van der Waals surface area contributed by atoms with E-state index in [9.17, 15) is 9.36 Å². The molecule has 0 bridgehead atoms. The number of anilines is 1. The van der Waals surface area contributed by atoms with Gasteiger partial charge in [0.25, 0.3) is 0 Å². The van der Waals surface area contributed by atoms with Crippen LogP contribution in [-0.2, 0) is 19.6 Å². The molecule has 0 radical (unpaired) electrons. The lowest BCUT2D eigenvalue weighted by molar-refractivity contribution is -0.100. The standard InChI is InChI=1S/C10H15N6O6P/c1-10(16-3-2-8(11)13-9(16)17)4-6(14-15-12)7(22-10)5-21-23(18,19)20/h2-3,6-7H,4-5H2,1H3,(H2,11,13,17)(H2,18,19,20)/t6-,7+,10+/m0/s1. The molecule has 23 heavy (non-hydrogen) atoms. The maximum Gasteiger partial charge on any atom is 0.469 e. The minimum atomic E-state index is -4.71. The van der Waals surface area contributed by atoms with Crippen molar-refractivity contribution in [3.63, 3.8) is 0 Å². The minimum Gasteiger partial charge on any atom is -0.383 e. The van der Waals surface area contributed by atoms with E-state index in [4.69, 9.17) is 25.8 Å². The van der Waals surface area contributed by atoms with Crippen LogP contribution in [0.3, 0.4) is 0 Å². The molecule has 1 fully saturated rings. The molecule has 1 aliphatic rings. The minimum absolute atomic E-state index is 0.0424. The molecule has 0 unspecified atom stereocenters. The van der Waals surface area contributed by atoms with E-state index in [-0.39, 0.29) is 12.2 Å². The molecule has 126 valence electrons. The van der Waals surface area contributed by atoms with Crippen molar-refractivity contribution in [2.24, 2.45) is 5.11 Å². The van der Waals surface area contributed by atoms with E-state index < -0.39 is 38.0 Å². The Bertz CT molecular complexity index is 742. The van der Waals surface area contributed by atoms with Crippen molar-refractivity contribution in [3.05, 3.63) is 33.2 Å². The third-order valence-corrected chi connectivity index (χ3v) is 3.85. The molecule has 13 heteroatoms. The first-order valence-electron chi connectivity index (χ1n) is 6.42. The highest BCUT2D eigenvalue weighted by Gasteiger charge is 2.45. The smallest absolute Gasteiger partial charge is 0.383 e. The summed E-state index contributed by atoms with van der Waals surface area (Å²) < 4.78 is 22.0. The predicted octanol–water partition coefficient (Wildman–Crippen LogP) is 0.0753. The van der Waals surface area contributed by atoms with Crippen LogP contribution in [0, 0.1) is 0 Å². The number of aromatic nitrogens is 2. The molecule has 0 amide bonds. The Kier molecular flexibility index (Phi) is 4.76. The number of nitrogens with zero attached hydrogens (tertiary/aromatic N) is 5. The van der Waals surface area contributed by atoms with Crippen molar-refractivity contribution in [2.45, 2.75) is 31.2 Å². The lowest BCUT2D eigenvalue weighted by Crippen LogP contribution is -2.40. The number of phosphoric acid groups is 1. The fourth-order valence-electron chi connectivity index (χ4n) is 2.40. The Hall–Kier alpha value is -1.94. The zero-order valence-corrected chi connectivity index (χ0v) is 12.9. The van der Waals surface area contributed by atoms with Crippen molar-refractivity contribution in [3.8, 4) is 0 Å². The summed E-state index contributed by atoms with van der Waals surface area (Å²) >= 11 is 0. The van der Waals surface area contributed by atoms with E-state index in [1.165, 1.54) is 16.8 Å². The quantitative estimate of drug-likeness (QED) is 0.289. The van der Waals surface area contributed by atoms with Gasteiger partial charge in [-0.25, -0.2) is 9.36 Å². The van der Waals surface area contributed by atoms with Gasteiger partial charge in [-0.15, -0.1) is 0 Å². The lowest BCUT2D eigenvalue weighted by Gasteiger charge is -2.26. The molecule has 0 aromatic carbocycles. The molecule has 1 aromatic heterocycles. The molecule has 1 saturated heterocycles. The van der Waals surface area contributed by atoms with E-state index in [0.717, 1.165) is 0 Å². The van der Waals surface area contributed by atoms with Crippen molar-refractivity contribution in [1.29, 1.82) is 0 Å². The fraction of sp³-hybridized carbons (Fsp3) is 0.600. The van der Waals surface area contributed by atoms with Gasteiger partial charge in [-0.3, -0.25) is 9.09 Å². The van der Waals surface area contributed by atoms with Gasteiger partial charge in [0.05, 0.1) is 18.8 Å². The predicted molar refractivity (Wildman–Crippen MR) is 77.0 cm³/mol. The molecule has 0 saturated carbocycles. The van der Waals surface area contributed by atoms with Crippen molar-refractivity contribution in [2.75, 3.05) is 12.3 Å². The Balaban J connectivity index is 2.29. The zero-order valence-electron chi connectivity index (χ0n) is 12.0. The van der Waals surface area contributed by atoms with Gasteiger partial charge in [-0.1, -0.05) is 5.11 Å². The number of ether oxygens (including phenoxy) is 1. The van der Waals surface area contributed by atoms with Crippen LogP contribution >= 0.6 is 7.82 Å². The highest BCUT2D eigenvalue weighted by atomic mass is 31.2. The summed E-state index contributed by atoms with van der Waals surface area (Å²) in [5.41, 5.74) is 12.2. The molecule has 1 aromatic rings. The number of phosphoric ester groups is 1. The fourth-order valence-corrected chi connectivity index (χ4v) is 2.74. The second kappa shape index (κ2) is 6.28. The molecule has 2 rings (SSSR count). The van der Waals surface area contributed by atoms with Gasteiger partial charge in [0.15, 0.2) is 0 Å². The molecule has 12 nitrogen and oxygen atoms in total. The first kappa shape index (κ1) is 17.4. The van der Waals surface area contributed by atoms with E-state index in [1.807, 2.05) is 0 Å². The zero-order chi connectivity index (χ0) is 17.3. The van der Waals surface area contributed by atoms with Crippen LogP contribution < -0.4 is 11.4 Å². The Morgan fingerprint density at radius 2 is 2.43 bits per heavy atom. The lowest BCUT2D eigenvalue weighted by atomic mass is 10.1. The van der Waals surface area contributed by atoms with E-state index in [0.29, 0.717) is 0 Å². The Morgan fingerprint density at radius 1 is 1.74 bits per heavy atom. The summed E-state index contributed by atoms with van der Waals surface area (Å²) in [5.74, 6) is 0.0424. The molecular formula is C10H15N6O6P. The third kappa shape index (κ3) is 4.08. The maximum absolute atomic E-state index is 12.0. The molecular weight excluding hydrogens is 331 g/mol. The first-order valence-corrected chi connectivity index (χ1v) is 7.95. The normalized spacial score (nSPS) is 27.6. The van der Waals surface area contributed by atoms with Gasteiger partial charge in [0.1, 0.15) is 11.5 Å². The van der Waals surface area contributed by atoms with Crippen LogP contribution in [0.1, 0.15) is 13.3 Å². The second-order valence-electron chi connectivity index (χ2n) is 5.10. The molecule has 0 aliphatic carbocycles. The highest BCUT2D eigenvalue weighted by molar-refractivity contribution is 7.46. The largest absolute Gasteiger partial charge is 0.469 e. The van der Waals surface area contributed by atoms with Crippen molar-refractivity contribution in [1.82, 2.24) is 9.55 Å². The summed E-state index contributed by atoms with van der Waals surface area (Å²) in [7, 11) is -4.71. The average Bonchev–Trinajstić information content (AvgIpc) is 2.73. The van der Waals surface area contributed by atoms with Gasteiger partial charge >= 0.3 is 13.5 Å². The number of hydrogen-bond donors (Lipinski definition) is 3.